The molecule has 3 aromatic heterocycles. The van der Waals surface area contributed by atoms with Crippen LogP contribution in [0.2, 0.25) is 0 Å². The van der Waals surface area contributed by atoms with Gasteiger partial charge in [0.1, 0.15) is 0 Å². The van der Waals surface area contributed by atoms with E-state index in [1.807, 2.05) is 24.3 Å². The van der Waals surface area contributed by atoms with Crippen LogP contribution in [-0.2, 0) is 0 Å². The van der Waals surface area contributed by atoms with Crippen LogP contribution in [0.4, 0.5) is 0 Å². The lowest BCUT2D eigenvalue weighted by atomic mass is 9.99. The zero-order valence-electron chi connectivity index (χ0n) is 29.5. The summed E-state index contributed by atoms with van der Waals surface area (Å²) in [5.41, 5.74) is 12.4. The first-order valence-corrected chi connectivity index (χ1v) is 18.3. The number of aromatic nitrogens is 3. The summed E-state index contributed by atoms with van der Waals surface area (Å²) in [7, 11) is 0. The fourth-order valence-corrected chi connectivity index (χ4v) is 8.76. The number of nitrogens with zero attached hydrogens (tertiary/aromatic N) is 5. The molecule has 0 aliphatic rings. The van der Waals surface area contributed by atoms with Crippen molar-refractivity contribution in [1.82, 2.24) is 13.7 Å². The van der Waals surface area contributed by atoms with Gasteiger partial charge in [0.05, 0.1) is 62.1 Å². The van der Waals surface area contributed by atoms with E-state index in [2.05, 4.69) is 177 Å². The second-order valence-electron chi connectivity index (χ2n) is 14.0. The minimum atomic E-state index is 0.572. The third-order valence-electron chi connectivity index (χ3n) is 11.1. The first-order valence-electron chi connectivity index (χ1n) is 18.3. The number of hydrogen-bond acceptors (Lipinski definition) is 2. The predicted molar refractivity (Wildman–Crippen MR) is 224 cm³/mol. The summed E-state index contributed by atoms with van der Waals surface area (Å²) in [5.74, 6) is 0. The second-order valence-corrected chi connectivity index (χ2v) is 14.0. The monoisotopic (exact) mass is 699 g/mol. The molecular weight excluding hydrogens is 671 g/mol. The molecule has 254 valence electrons. The van der Waals surface area contributed by atoms with Crippen LogP contribution in [-0.4, -0.2) is 13.7 Å². The van der Waals surface area contributed by atoms with Crippen LogP contribution in [0.5, 0.6) is 0 Å². The molecule has 0 bridgehead atoms. The Balaban J connectivity index is 1.11. The summed E-state index contributed by atoms with van der Waals surface area (Å²) in [6.45, 7) is 0. The standard InChI is InChI=1S/C50H29N5/c51-30-32-20-26-42-43-14-9-19-48(55-46-17-7-3-12-40(46)41-13-4-8-18-47(41)55)50(43)54(49(42)28-32)36-25-27-37(34(29-36)31-52)33-21-23-35(24-22-33)53-44-15-5-1-10-38(44)39-11-2-6-16-45(39)53/h1-29H. The molecule has 0 atom stereocenters. The molecule has 11 rings (SSSR count). The number of nitriles is 2. The topological polar surface area (TPSA) is 62.4 Å². The molecule has 5 nitrogen and oxygen atoms in total. The zero-order valence-corrected chi connectivity index (χ0v) is 29.5. The molecule has 0 spiro atoms. The molecular formula is C50H29N5. The number of benzene rings is 8. The fraction of sp³-hybridized carbons (Fsp3) is 0. The lowest BCUT2D eigenvalue weighted by Gasteiger charge is -2.15. The average Bonchev–Trinajstić information content (AvgIpc) is 3.89. The highest BCUT2D eigenvalue weighted by atomic mass is 15.1. The first-order chi connectivity index (χ1) is 27.2. The van der Waals surface area contributed by atoms with E-state index < -0.39 is 0 Å². The highest BCUT2D eigenvalue weighted by molar-refractivity contribution is 6.15. The molecule has 0 aliphatic carbocycles. The number of fused-ring (bicyclic) bond motifs is 9. The molecule has 55 heavy (non-hydrogen) atoms. The molecule has 0 saturated heterocycles. The Morgan fingerprint density at radius 3 is 1.47 bits per heavy atom. The van der Waals surface area contributed by atoms with Crippen LogP contribution < -0.4 is 0 Å². The van der Waals surface area contributed by atoms with Crippen molar-refractivity contribution in [3.05, 3.63) is 187 Å². The van der Waals surface area contributed by atoms with Crippen molar-refractivity contribution < 1.29 is 0 Å². The highest BCUT2D eigenvalue weighted by Crippen LogP contribution is 2.41. The molecule has 0 saturated carbocycles. The normalized spacial score (nSPS) is 11.6. The molecule has 0 N–H and O–H groups in total. The molecule has 0 amide bonds. The predicted octanol–water partition coefficient (Wildman–Crippen LogP) is 12.4. The van der Waals surface area contributed by atoms with Crippen LogP contribution in [0.3, 0.4) is 0 Å². The van der Waals surface area contributed by atoms with E-state index in [0.29, 0.717) is 11.1 Å². The Kier molecular flexibility index (Phi) is 6.61. The SMILES string of the molecule is N#Cc1ccc2c3cccc(-n4c5ccccc5c5ccccc54)c3n(-c3ccc(-c4ccc(-n5c6ccccc6c6ccccc65)cc4)c(C#N)c3)c2c1. The van der Waals surface area contributed by atoms with Gasteiger partial charge in [-0.1, -0.05) is 109 Å². The van der Waals surface area contributed by atoms with Crippen molar-refractivity contribution in [3.63, 3.8) is 0 Å². The Labute approximate surface area is 316 Å². The van der Waals surface area contributed by atoms with Crippen molar-refractivity contribution in [2.75, 3.05) is 0 Å². The molecule has 3 heterocycles. The van der Waals surface area contributed by atoms with E-state index >= 15 is 0 Å². The molecule has 5 heteroatoms. The number of para-hydroxylation sites is 5. The van der Waals surface area contributed by atoms with E-state index in [0.717, 1.165) is 72.1 Å². The van der Waals surface area contributed by atoms with Gasteiger partial charge in [0.25, 0.3) is 0 Å². The van der Waals surface area contributed by atoms with E-state index in [-0.39, 0.29) is 0 Å². The minimum absolute atomic E-state index is 0.572. The minimum Gasteiger partial charge on any atom is -0.309 e. The highest BCUT2D eigenvalue weighted by Gasteiger charge is 2.21. The summed E-state index contributed by atoms with van der Waals surface area (Å²) in [6, 6.07) is 65.8. The van der Waals surface area contributed by atoms with Gasteiger partial charge in [-0.15, -0.1) is 0 Å². The average molecular weight is 700 g/mol. The van der Waals surface area contributed by atoms with E-state index in [1.165, 1.54) is 21.5 Å². The van der Waals surface area contributed by atoms with Crippen LogP contribution >= 0.6 is 0 Å². The van der Waals surface area contributed by atoms with Gasteiger partial charge < -0.3 is 13.7 Å². The van der Waals surface area contributed by atoms with Gasteiger partial charge in [0, 0.05) is 43.7 Å². The lowest BCUT2D eigenvalue weighted by molar-refractivity contribution is 1.13. The van der Waals surface area contributed by atoms with Gasteiger partial charge in [-0.05, 0) is 77.9 Å². The van der Waals surface area contributed by atoms with Crippen molar-refractivity contribution in [2.45, 2.75) is 0 Å². The van der Waals surface area contributed by atoms with Gasteiger partial charge in [-0.2, -0.15) is 10.5 Å². The van der Waals surface area contributed by atoms with Crippen LogP contribution in [0.25, 0.3) is 93.6 Å². The first kappa shape index (κ1) is 30.7. The molecule has 0 radical (unpaired) electrons. The third-order valence-corrected chi connectivity index (χ3v) is 11.1. The number of rotatable bonds is 4. The number of hydrogen-bond donors (Lipinski definition) is 0. The van der Waals surface area contributed by atoms with Crippen molar-refractivity contribution in [2.24, 2.45) is 0 Å². The summed E-state index contributed by atoms with van der Waals surface area (Å²) < 4.78 is 6.86. The summed E-state index contributed by atoms with van der Waals surface area (Å²) in [4.78, 5) is 0. The maximum atomic E-state index is 10.7. The van der Waals surface area contributed by atoms with Crippen LogP contribution in [0, 0.1) is 22.7 Å². The van der Waals surface area contributed by atoms with Crippen molar-refractivity contribution in [3.8, 4) is 40.3 Å². The van der Waals surface area contributed by atoms with Gasteiger partial charge in [0.15, 0.2) is 0 Å². The second kappa shape index (κ2) is 11.8. The molecule has 0 aliphatic heterocycles. The molecule has 0 fully saturated rings. The largest absolute Gasteiger partial charge is 0.309 e. The quantitative estimate of drug-likeness (QED) is 0.184. The van der Waals surface area contributed by atoms with Crippen molar-refractivity contribution >= 4 is 65.4 Å². The Morgan fingerprint density at radius 1 is 0.364 bits per heavy atom. The zero-order chi connectivity index (χ0) is 36.6. The van der Waals surface area contributed by atoms with Gasteiger partial charge in [0.2, 0.25) is 0 Å². The fourth-order valence-electron chi connectivity index (χ4n) is 8.76. The Bertz CT molecular complexity index is 3350. The van der Waals surface area contributed by atoms with E-state index in [4.69, 9.17) is 0 Å². The van der Waals surface area contributed by atoms with Gasteiger partial charge in [-0.3, -0.25) is 0 Å². The van der Waals surface area contributed by atoms with Gasteiger partial charge >= 0.3 is 0 Å². The van der Waals surface area contributed by atoms with Crippen molar-refractivity contribution in [1.29, 1.82) is 10.5 Å². The van der Waals surface area contributed by atoms with E-state index in [9.17, 15) is 10.5 Å². The maximum Gasteiger partial charge on any atom is 0.0998 e. The summed E-state index contributed by atoms with van der Waals surface area (Å²) >= 11 is 0. The molecule has 0 unspecified atom stereocenters. The Hall–Kier alpha value is -7.86. The molecule has 8 aromatic carbocycles. The summed E-state index contributed by atoms with van der Waals surface area (Å²) in [6.07, 6.45) is 0. The maximum absolute atomic E-state index is 10.7. The van der Waals surface area contributed by atoms with E-state index in [1.54, 1.807) is 0 Å². The Morgan fingerprint density at radius 2 is 0.891 bits per heavy atom. The van der Waals surface area contributed by atoms with Crippen LogP contribution in [0.15, 0.2) is 176 Å². The third kappa shape index (κ3) is 4.45. The molecule has 11 aromatic rings. The lowest BCUT2D eigenvalue weighted by Crippen LogP contribution is -2.01. The van der Waals surface area contributed by atoms with Gasteiger partial charge in [-0.25, -0.2) is 0 Å². The summed E-state index contributed by atoms with van der Waals surface area (Å²) in [5, 5.41) is 27.6. The smallest absolute Gasteiger partial charge is 0.0998 e. The van der Waals surface area contributed by atoms with Crippen LogP contribution in [0.1, 0.15) is 11.1 Å².